The van der Waals surface area contributed by atoms with Crippen molar-refractivity contribution in [1.82, 2.24) is 0 Å². The van der Waals surface area contributed by atoms with Crippen LogP contribution in [0.15, 0.2) is 48.5 Å². The van der Waals surface area contributed by atoms with Gasteiger partial charge in [0.15, 0.2) is 0 Å². The van der Waals surface area contributed by atoms with Crippen molar-refractivity contribution in [1.29, 1.82) is 0 Å². The second-order valence-electron chi connectivity index (χ2n) is 6.13. The summed E-state index contributed by atoms with van der Waals surface area (Å²) < 4.78 is 0. The highest BCUT2D eigenvalue weighted by atomic mass is 16.4. The van der Waals surface area contributed by atoms with E-state index in [1.54, 1.807) is 19.1 Å². The molecule has 26 heavy (non-hydrogen) atoms. The third-order valence-corrected chi connectivity index (χ3v) is 4.25. The lowest BCUT2D eigenvalue weighted by atomic mass is 9.96. The van der Waals surface area contributed by atoms with Crippen LogP contribution in [-0.2, 0) is 11.2 Å². The molecular formula is C21H23NO4. The Morgan fingerprint density at radius 1 is 1.23 bits per heavy atom. The summed E-state index contributed by atoms with van der Waals surface area (Å²) in [6.07, 6.45) is 0.301. The van der Waals surface area contributed by atoms with Crippen molar-refractivity contribution in [2.75, 3.05) is 0 Å². The molecule has 5 heteroatoms. The average molecular weight is 353 g/mol. The van der Waals surface area contributed by atoms with Gasteiger partial charge in [0.05, 0.1) is 24.5 Å². The zero-order valence-corrected chi connectivity index (χ0v) is 14.6. The SMILES string of the molecule is CC#CC(CC(=O)O)c1ccc(O)cc1.NC1c2ccccc2CC1O. The zero-order valence-electron chi connectivity index (χ0n) is 14.6. The quantitative estimate of drug-likeness (QED) is 0.635. The van der Waals surface area contributed by atoms with Crippen LogP contribution in [0.25, 0.3) is 0 Å². The van der Waals surface area contributed by atoms with E-state index in [-0.39, 0.29) is 30.2 Å². The van der Waals surface area contributed by atoms with Crippen LogP contribution in [0.4, 0.5) is 0 Å². The molecule has 2 aromatic carbocycles. The Kier molecular flexibility index (Phi) is 6.79. The number of aliphatic hydroxyl groups is 1. The van der Waals surface area contributed by atoms with Gasteiger partial charge in [-0.3, -0.25) is 4.79 Å². The topological polar surface area (TPSA) is 104 Å². The standard InChI is InChI=1S/C12H12O3.C9H11NO/c1-2-3-10(8-12(14)15)9-4-6-11(13)7-5-9;10-9-7-4-2-1-3-6(7)5-8(9)11/h4-7,10,13H,8H2,1H3,(H,14,15);1-4,8-9,11H,5,10H2. The highest BCUT2D eigenvalue weighted by Gasteiger charge is 2.26. The predicted octanol–water partition coefficient (Wildman–Crippen LogP) is 2.58. The van der Waals surface area contributed by atoms with Crippen molar-refractivity contribution in [2.45, 2.75) is 37.8 Å². The van der Waals surface area contributed by atoms with E-state index in [0.29, 0.717) is 6.42 Å². The van der Waals surface area contributed by atoms with E-state index in [0.717, 1.165) is 11.1 Å². The maximum absolute atomic E-state index is 10.6. The Bertz CT molecular complexity index is 805. The first-order valence-corrected chi connectivity index (χ1v) is 8.36. The summed E-state index contributed by atoms with van der Waals surface area (Å²) in [6, 6.07) is 14.2. The van der Waals surface area contributed by atoms with Crippen LogP contribution in [0.3, 0.4) is 0 Å². The molecule has 0 amide bonds. The van der Waals surface area contributed by atoms with Gasteiger partial charge in [-0.2, -0.15) is 0 Å². The van der Waals surface area contributed by atoms with Crippen LogP contribution in [0.1, 0.15) is 42.0 Å². The van der Waals surface area contributed by atoms with Gasteiger partial charge in [0.2, 0.25) is 0 Å². The second kappa shape index (κ2) is 9.04. The van der Waals surface area contributed by atoms with Crippen LogP contribution in [-0.4, -0.2) is 27.4 Å². The molecule has 0 fully saturated rings. The number of fused-ring (bicyclic) bond motifs is 1. The van der Waals surface area contributed by atoms with Crippen molar-refractivity contribution in [3.8, 4) is 17.6 Å². The number of carboxylic acid groups (broad SMARTS) is 1. The maximum Gasteiger partial charge on any atom is 0.304 e. The fraction of sp³-hybridized carbons (Fsp3) is 0.286. The van der Waals surface area contributed by atoms with E-state index >= 15 is 0 Å². The largest absolute Gasteiger partial charge is 0.508 e. The van der Waals surface area contributed by atoms with Gasteiger partial charge in [-0.15, -0.1) is 5.92 Å². The van der Waals surface area contributed by atoms with Crippen LogP contribution in [0.2, 0.25) is 0 Å². The van der Waals surface area contributed by atoms with Crippen molar-refractivity contribution in [3.63, 3.8) is 0 Å². The molecule has 0 aromatic heterocycles. The van der Waals surface area contributed by atoms with Gasteiger partial charge >= 0.3 is 5.97 Å². The molecule has 0 spiro atoms. The van der Waals surface area contributed by atoms with E-state index in [1.165, 1.54) is 17.7 Å². The molecule has 1 aliphatic rings. The van der Waals surface area contributed by atoms with E-state index in [2.05, 4.69) is 11.8 Å². The molecule has 3 rings (SSSR count). The van der Waals surface area contributed by atoms with Crippen molar-refractivity contribution in [2.24, 2.45) is 5.73 Å². The van der Waals surface area contributed by atoms with Crippen LogP contribution in [0, 0.1) is 11.8 Å². The monoisotopic (exact) mass is 353 g/mol. The third kappa shape index (κ3) is 5.09. The molecule has 1 aliphatic carbocycles. The molecule has 2 aromatic rings. The Morgan fingerprint density at radius 2 is 1.88 bits per heavy atom. The number of phenols is 1. The number of carboxylic acids is 1. The molecular weight excluding hydrogens is 330 g/mol. The fourth-order valence-electron chi connectivity index (χ4n) is 2.91. The number of hydrogen-bond acceptors (Lipinski definition) is 4. The van der Waals surface area contributed by atoms with Crippen LogP contribution >= 0.6 is 0 Å². The Hall–Kier alpha value is -2.81. The molecule has 3 atom stereocenters. The van der Waals surface area contributed by atoms with Gasteiger partial charge < -0.3 is 21.1 Å². The lowest BCUT2D eigenvalue weighted by Gasteiger charge is -2.08. The van der Waals surface area contributed by atoms with Crippen LogP contribution in [0.5, 0.6) is 5.75 Å². The molecule has 0 heterocycles. The Balaban J connectivity index is 0.000000195. The molecule has 3 unspecified atom stereocenters. The molecule has 0 radical (unpaired) electrons. The number of benzene rings is 2. The minimum atomic E-state index is -0.879. The first kappa shape index (κ1) is 19.5. The van der Waals surface area contributed by atoms with Gasteiger partial charge in [0.1, 0.15) is 5.75 Å². The van der Waals surface area contributed by atoms with Gasteiger partial charge in [0.25, 0.3) is 0 Å². The van der Waals surface area contributed by atoms with E-state index in [9.17, 15) is 9.90 Å². The summed E-state index contributed by atoms with van der Waals surface area (Å²) in [4.78, 5) is 10.6. The minimum Gasteiger partial charge on any atom is -0.508 e. The van der Waals surface area contributed by atoms with E-state index in [4.69, 9.17) is 15.9 Å². The van der Waals surface area contributed by atoms with E-state index in [1.807, 2.05) is 24.3 Å². The number of carbonyl (C=O) groups is 1. The maximum atomic E-state index is 10.6. The number of hydrogen-bond donors (Lipinski definition) is 4. The first-order valence-electron chi connectivity index (χ1n) is 8.36. The Labute approximate surface area is 153 Å². The predicted molar refractivity (Wildman–Crippen MR) is 99.6 cm³/mol. The average Bonchev–Trinajstić information content (AvgIpc) is 2.90. The highest BCUT2D eigenvalue weighted by Crippen LogP contribution is 2.28. The fourth-order valence-corrected chi connectivity index (χ4v) is 2.91. The molecule has 136 valence electrons. The molecule has 0 bridgehead atoms. The smallest absolute Gasteiger partial charge is 0.304 e. The number of rotatable bonds is 3. The van der Waals surface area contributed by atoms with Gasteiger partial charge in [-0.1, -0.05) is 42.3 Å². The first-order chi connectivity index (χ1) is 12.4. The van der Waals surface area contributed by atoms with Crippen LogP contribution < -0.4 is 5.73 Å². The summed E-state index contributed by atoms with van der Waals surface area (Å²) in [6.45, 7) is 1.68. The summed E-state index contributed by atoms with van der Waals surface area (Å²) in [5.74, 6) is 4.52. The lowest BCUT2D eigenvalue weighted by molar-refractivity contribution is -0.137. The normalized spacial score (nSPS) is 18.6. The number of nitrogens with two attached hydrogens (primary N) is 1. The molecule has 5 N–H and O–H groups in total. The number of aliphatic carboxylic acids is 1. The van der Waals surface area contributed by atoms with Crippen molar-refractivity contribution >= 4 is 5.97 Å². The number of aliphatic hydroxyl groups excluding tert-OH is 1. The summed E-state index contributed by atoms with van der Waals surface area (Å²) in [5, 5.41) is 27.2. The molecule has 5 nitrogen and oxygen atoms in total. The highest BCUT2D eigenvalue weighted by molar-refractivity contribution is 5.69. The van der Waals surface area contributed by atoms with Gasteiger partial charge in [-0.25, -0.2) is 0 Å². The minimum absolute atomic E-state index is 0.0222. The molecule has 0 saturated heterocycles. The van der Waals surface area contributed by atoms with Crippen molar-refractivity contribution < 1.29 is 20.1 Å². The van der Waals surface area contributed by atoms with Crippen molar-refractivity contribution in [3.05, 3.63) is 65.2 Å². The third-order valence-electron chi connectivity index (χ3n) is 4.25. The van der Waals surface area contributed by atoms with Gasteiger partial charge in [0, 0.05) is 6.42 Å². The lowest BCUT2D eigenvalue weighted by Crippen LogP contribution is -2.21. The molecule has 0 aliphatic heterocycles. The van der Waals surface area contributed by atoms with Gasteiger partial charge in [-0.05, 0) is 35.7 Å². The summed E-state index contributed by atoms with van der Waals surface area (Å²) in [7, 11) is 0. The zero-order chi connectivity index (χ0) is 19.1. The number of phenolic OH excluding ortho intramolecular Hbond substituents is 1. The Morgan fingerprint density at radius 3 is 2.46 bits per heavy atom. The summed E-state index contributed by atoms with van der Waals surface area (Å²) in [5.41, 5.74) is 8.83. The molecule has 0 saturated carbocycles. The number of aromatic hydroxyl groups is 1. The van der Waals surface area contributed by atoms with E-state index < -0.39 is 5.97 Å². The summed E-state index contributed by atoms with van der Waals surface area (Å²) >= 11 is 0. The second-order valence-corrected chi connectivity index (χ2v) is 6.13.